The smallest absolute Gasteiger partial charge is 0.173 e. The predicted molar refractivity (Wildman–Crippen MR) is 22.3 cm³/mol. The van der Waals surface area contributed by atoms with Crippen LogP contribution in [0.15, 0.2) is 0 Å². The van der Waals surface area contributed by atoms with Crippen molar-refractivity contribution in [3.8, 4) is 0 Å². The van der Waals surface area contributed by atoms with Crippen molar-refractivity contribution in [1.29, 1.82) is 0 Å². The van der Waals surface area contributed by atoms with Crippen LogP contribution in [0, 0.1) is 7.11 Å². The minimum Gasteiger partial charge on any atom is -0.394 e. The van der Waals surface area contributed by atoms with Gasteiger partial charge in [0.2, 0.25) is 0 Å². The van der Waals surface area contributed by atoms with Crippen LogP contribution in [-0.2, 0) is 4.74 Å². The fourth-order valence-electron chi connectivity index (χ4n) is 0.149. The van der Waals surface area contributed by atoms with Gasteiger partial charge in [-0.25, -0.2) is 0 Å². The second-order valence-electron chi connectivity index (χ2n) is 1.15. The first kappa shape index (κ1) is 6.88. The molecule has 7 heavy (non-hydrogen) atoms. The summed E-state index contributed by atoms with van der Waals surface area (Å²) in [6.07, 6.45) is -0.905. The maximum atomic E-state index is 8.36. The number of hydrogen-bond donors (Lipinski definition) is 2. The van der Waals surface area contributed by atoms with Gasteiger partial charge in [-0.2, -0.15) is 0 Å². The van der Waals surface area contributed by atoms with Crippen LogP contribution in [0.4, 0.5) is 0 Å². The van der Waals surface area contributed by atoms with Gasteiger partial charge in [-0.3, -0.25) is 0 Å². The van der Waals surface area contributed by atoms with Crippen molar-refractivity contribution in [1.82, 2.24) is 0 Å². The fraction of sp³-hybridized carbons (Fsp3) is 0.750. The molecule has 0 aliphatic carbocycles. The van der Waals surface area contributed by atoms with E-state index in [1.54, 1.807) is 0 Å². The molecule has 0 spiro atoms. The molecule has 3 radical (unpaired) electrons. The Hall–Kier alpha value is -0.120. The SMILES string of the molecule is [C]OCC(O)CO. The minimum absolute atomic E-state index is 0.128. The van der Waals surface area contributed by atoms with Gasteiger partial charge in [0.05, 0.1) is 13.2 Å². The Morgan fingerprint density at radius 2 is 2.29 bits per heavy atom. The van der Waals surface area contributed by atoms with Crippen LogP contribution in [0.2, 0.25) is 0 Å². The average Bonchev–Trinajstić information content (AvgIpc) is 1.68. The summed E-state index contributed by atoms with van der Waals surface area (Å²) in [6, 6.07) is 0. The summed E-state index contributed by atoms with van der Waals surface area (Å²) in [4.78, 5) is 0. The van der Waals surface area contributed by atoms with Crippen LogP contribution in [0.3, 0.4) is 0 Å². The van der Waals surface area contributed by atoms with Crippen LogP contribution in [-0.4, -0.2) is 29.5 Å². The van der Waals surface area contributed by atoms with Crippen molar-refractivity contribution < 1.29 is 14.9 Å². The third-order valence-corrected chi connectivity index (χ3v) is 0.486. The second-order valence-corrected chi connectivity index (χ2v) is 1.15. The number of aliphatic hydroxyl groups is 2. The van der Waals surface area contributed by atoms with Crippen molar-refractivity contribution in [3.05, 3.63) is 7.11 Å². The first-order valence-corrected chi connectivity index (χ1v) is 1.88. The molecule has 3 heteroatoms. The molecule has 0 aliphatic heterocycles. The van der Waals surface area contributed by atoms with Crippen LogP contribution >= 0.6 is 0 Å². The highest BCUT2D eigenvalue weighted by atomic mass is 16.5. The molecule has 0 aromatic heterocycles. The van der Waals surface area contributed by atoms with E-state index in [0.29, 0.717) is 0 Å². The molecule has 0 rings (SSSR count). The Bertz CT molecular complexity index is 37.9. The van der Waals surface area contributed by atoms with Crippen LogP contribution in [0.25, 0.3) is 0 Å². The fourth-order valence-corrected chi connectivity index (χ4v) is 0.149. The summed E-state index contributed by atoms with van der Waals surface area (Å²) in [5, 5.41) is 16.4. The van der Waals surface area contributed by atoms with Gasteiger partial charge in [-0.05, 0) is 0 Å². The van der Waals surface area contributed by atoms with E-state index in [9.17, 15) is 0 Å². The molecule has 1 atom stereocenters. The van der Waals surface area contributed by atoms with Gasteiger partial charge < -0.3 is 14.9 Å². The quantitative estimate of drug-likeness (QED) is 0.476. The maximum absolute atomic E-state index is 8.36. The van der Waals surface area contributed by atoms with E-state index in [1.807, 2.05) is 0 Å². The molecule has 0 amide bonds. The van der Waals surface area contributed by atoms with Gasteiger partial charge in [0.1, 0.15) is 6.10 Å². The van der Waals surface area contributed by atoms with Gasteiger partial charge in [0.25, 0.3) is 0 Å². The summed E-state index contributed by atoms with van der Waals surface area (Å²) >= 11 is 0. The number of ether oxygens (including phenoxy) is 1. The van der Waals surface area contributed by atoms with E-state index in [1.165, 1.54) is 0 Å². The molecule has 2 N–H and O–H groups in total. The zero-order valence-electron chi connectivity index (χ0n) is 3.79. The Balaban J connectivity index is 2.83. The lowest BCUT2D eigenvalue weighted by molar-refractivity contribution is 0.0366. The molecule has 0 heterocycles. The molecule has 0 saturated heterocycles. The largest absolute Gasteiger partial charge is 0.394 e. The lowest BCUT2D eigenvalue weighted by Gasteiger charge is -2.01. The Labute approximate surface area is 42.5 Å². The third kappa shape index (κ3) is 3.72. The van der Waals surface area contributed by atoms with Crippen molar-refractivity contribution in [2.45, 2.75) is 6.10 Å². The van der Waals surface area contributed by atoms with E-state index in [0.717, 1.165) is 0 Å². The highest BCUT2D eigenvalue weighted by Gasteiger charge is 1.97. The molecule has 0 aliphatic rings. The highest BCUT2D eigenvalue weighted by molar-refractivity contribution is 4.46. The molecular formula is C4H7O3. The Morgan fingerprint density at radius 3 is 2.43 bits per heavy atom. The van der Waals surface area contributed by atoms with Crippen LogP contribution < -0.4 is 0 Å². The van der Waals surface area contributed by atoms with Crippen LogP contribution in [0.5, 0.6) is 0 Å². The molecule has 41 valence electrons. The molecule has 0 aromatic rings. The van der Waals surface area contributed by atoms with Crippen molar-refractivity contribution in [2.24, 2.45) is 0 Å². The summed E-state index contributed by atoms with van der Waals surface area (Å²) < 4.78 is 3.73. The Kier molecular flexibility index (Phi) is 3.98. The Morgan fingerprint density at radius 1 is 1.71 bits per heavy atom. The predicted octanol–water partition coefficient (Wildman–Crippen LogP) is -1.10. The van der Waals surface area contributed by atoms with Crippen molar-refractivity contribution in [3.63, 3.8) is 0 Å². The van der Waals surface area contributed by atoms with Crippen molar-refractivity contribution in [2.75, 3.05) is 13.2 Å². The summed E-state index contributed by atoms with van der Waals surface area (Å²) in [6.45, 7) is -0.477. The number of rotatable bonds is 3. The standard InChI is InChI=1S/C4H7O3/c1-7-3-4(6)2-5/h4-6H,2-3H2. The first-order valence-electron chi connectivity index (χ1n) is 1.88. The number of hydrogen-bond acceptors (Lipinski definition) is 3. The first-order chi connectivity index (χ1) is 3.31. The molecule has 3 nitrogen and oxygen atoms in total. The molecule has 1 unspecified atom stereocenters. The van der Waals surface area contributed by atoms with Gasteiger partial charge >= 0.3 is 0 Å². The summed E-state index contributed by atoms with van der Waals surface area (Å²) in [5.74, 6) is 0. The molecule has 0 bridgehead atoms. The lowest BCUT2D eigenvalue weighted by atomic mass is 10.4. The van der Waals surface area contributed by atoms with E-state index in [4.69, 9.17) is 17.3 Å². The highest BCUT2D eigenvalue weighted by Crippen LogP contribution is 1.78. The van der Waals surface area contributed by atoms with Gasteiger partial charge in [-0.15, -0.1) is 0 Å². The summed E-state index contributed by atoms with van der Waals surface area (Å²) in [5.41, 5.74) is 0. The second kappa shape index (κ2) is 4.05. The average molecular weight is 103 g/mol. The van der Waals surface area contributed by atoms with E-state index >= 15 is 0 Å². The zero-order valence-corrected chi connectivity index (χ0v) is 3.79. The number of aliphatic hydroxyl groups excluding tert-OH is 2. The van der Waals surface area contributed by atoms with Gasteiger partial charge in [0, 0.05) is 0 Å². The lowest BCUT2D eigenvalue weighted by Crippen LogP contribution is -2.17. The normalized spacial score (nSPS) is 14.1. The molecular weight excluding hydrogens is 96.0 g/mol. The molecule has 0 saturated carbocycles. The zero-order chi connectivity index (χ0) is 5.70. The maximum Gasteiger partial charge on any atom is 0.173 e. The van der Waals surface area contributed by atoms with Crippen molar-refractivity contribution >= 4 is 0 Å². The van der Waals surface area contributed by atoms with Gasteiger partial charge in [0.15, 0.2) is 7.11 Å². The van der Waals surface area contributed by atoms with Crippen LogP contribution in [0.1, 0.15) is 0 Å². The molecule has 0 fully saturated rings. The van der Waals surface area contributed by atoms with E-state index in [-0.39, 0.29) is 13.2 Å². The minimum atomic E-state index is -0.905. The topological polar surface area (TPSA) is 49.7 Å². The monoisotopic (exact) mass is 103 g/mol. The van der Waals surface area contributed by atoms with E-state index in [2.05, 4.69) is 4.74 Å². The van der Waals surface area contributed by atoms with Gasteiger partial charge in [-0.1, -0.05) is 0 Å². The van der Waals surface area contributed by atoms with E-state index < -0.39 is 6.10 Å². The third-order valence-electron chi connectivity index (χ3n) is 0.486. The molecule has 0 aromatic carbocycles. The summed E-state index contributed by atoms with van der Waals surface area (Å²) in [7, 11) is 6.07.